The second-order valence-electron chi connectivity index (χ2n) is 9.18. The van der Waals surface area contributed by atoms with E-state index >= 15 is 0 Å². The highest BCUT2D eigenvalue weighted by atomic mass is 16.5. The van der Waals surface area contributed by atoms with Crippen LogP contribution in [-0.2, 0) is 10.2 Å². The zero-order valence-corrected chi connectivity index (χ0v) is 19.9. The lowest BCUT2D eigenvalue weighted by Gasteiger charge is -2.19. The van der Waals surface area contributed by atoms with Crippen molar-refractivity contribution in [3.8, 4) is 5.75 Å². The highest BCUT2D eigenvalue weighted by Crippen LogP contribution is 2.23. The number of anilines is 2. The molecule has 2 amide bonds. The fourth-order valence-corrected chi connectivity index (χ4v) is 3.40. The van der Waals surface area contributed by atoms with Gasteiger partial charge < -0.3 is 15.4 Å². The van der Waals surface area contributed by atoms with Gasteiger partial charge in [-0.1, -0.05) is 58.0 Å². The molecule has 0 fully saturated rings. The lowest BCUT2D eigenvalue weighted by Crippen LogP contribution is -2.32. The van der Waals surface area contributed by atoms with Crippen LogP contribution in [0.15, 0.2) is 72.8 Å². The van der Waals surface area contributed by atoms with E-state index in [4.69, 9.17) is 4.74 Å². The number of aryl methyl sites for hydroxylation is 1. The van der Waals surface area contributed by atoms with Crippen LogP contribution < -0.4 is 15.4 Å². The summed E-state index contributed by atoms with van der Waals surface area (Å²) in [6.45, 7) is 10.3. The van der Waals surface area contributed by atoms with Gasteiger partial charge in [0.15, 0.2) is 6.10 Å². The fraction of sp³-hybridized carbons (Fsp3) is 0.286. The first kappa shape index (κ1) is 24.1. The quantitative estimate of drug-likeness (QED) is 0.447. The molecule has 0 heterocycles. The number of amides is 2. The highest BCUT2D eigenvalue weighted by Gasteiger charge is 2.19. The first-order valence-electron chi connectivity index (χ1n) is 11.2. The topological polar surface area (TPSA) is 67.4 Å². The zero-order chi connectivity index (χ0) is 24.0. The number of hydrogen-bond donors (Lipinski definition) is 2. The minimum absolute atomic E-state index is 0.0287. The SMILES string of the molecule is CC[C@H](Oc1cccc(C)c1)C(=O)Nc1cccc(NC(=O)c2ccc(C(C)(C)C)cc2)c1. The van der Waals surface area contributed by atoms with Crippen LogP contribution >= 0.6 is 0 Å². The molecule has 0 aliphatic rings. The molecule has 3 rings (SSSR count). The molecule has 0 aliphatic carbocycles. The molecule has 3 aromatic carbocycles. The molecule has 0 radical (unpaired) electrons. The third-order valence-electron chi connectivity index (χ3n) is 5.33. The molecule has 1 atom stereocenters. The van der Waals surface area contributed by atoms with Gasteiger partial charge in [0.2, 0.25) is 0 Å². The Morgan fingerprint density at radius 3 is 2.12 bits per heavy atom. The van der Waals surface area contributed by atoms with E-state index in [-0.39, 0.29) is 17.2 Å². The Bertz CT molecular complexity index is 1110. The van der Waals surface area contributed by atoms with Gasteiger partial charge in [-0.2, -0.15) is 0 Å². The van der Waals surface area contributed by atoms with Gasteiger partial charge in [-0.3, -0.25) is 9.59 Å². The molecular weight excluding hydrogens is 412 g/mol. The van der Waals surface area contributed by atoms with Crippen LogP contribution in [0, 0.1) is 6.92 Å². The molecule has 0 spiro atoms. The Morgan fingerprint density at radius 1 is 0.879 bits per heavy atom. The van der Waals surface area contributed by atoms with E-state index in [0.717, 1.165) is 5.56 Å². The van der Waals surface area contributed by atoms with Crippen LogP contribution in [0.3, 0.4) is 0 Å². The van der Waals surface area contributed by atoms with E-state index in [0.29, 0.717) is 29.1 Å². The van der Waals surface area contributed by atoms with Crippen LogP contribution in [0.25, 0.3) is 0 Å². The molecule has 3 aromatic rings. The summed E-state index contributed by atoms with van der Waals surface area (Å²) in [5, 5.41) is 5.79. The van der Waals surface area contributed by atoms with Gasteiger partial charge in [-0.25, -0.2) is 0 Å². The number of ether oxygens (including phenoxy) is 1. The number of benzene rings is 3. The molecule has 0 saturated heterocycles. The van der Waals surface area contributed by atoms with Crippen LogP contribution in [0.4, 0.5) is 11.4 Å². The predicted octanol–water partition coefficient (Wildman–Crippen LogP) is 6.34. The number of carbonyl (C=O) groups is 2. The van der Waals surface area contributed by atoms with Gasteiger partial charge in [-0.15, -0.1) is 0 Å². The van der Waals surface area contributed by atoms with Crippen molar-refractivity contribution >= 4 is 23.2 Å². The maximum Gasteiger partial charge on any atom is 0.265 e. The van der Waals surface area contributed by atoms with E-state index in [1.54, 1.807) is 24.3 Å². The third kappa shape index (κ3) is 6.69. The van der Waals surface area contributed by atoms with Gasteiger partial charge in [0, 0.05) is 16.9 Å². The maximum atomic E-state index is 12.8. The second kappa shape index (κ2) is 10.3. The minimum atomic E-state index is -0.619. The number of hydrogen-bond acceptors (Lipinski definition) is 3. The summed E-state index contributed by atoms with van der Waals surface area (Å²) in [6.07, 6.45) is -0.0906. The van der Waals surface area contributed by atoms with Gasteiger partial charge in [0.1, 0.15) is 5.75 Å². The molecular formula is C28H32N2O3. The number of rotatable bonds is 7. The smallest absolute Gasteiger partial charge is 0.265 e. The Hall–Kier alpha value is -3.60. The van der Waals surface area contributed by atoms with Crippen molar-refractivity contribution in [2.45, 2.75) is 52.6 Å². The first-order chi connectivity index (χ1) is 15.7. The molecule has 0 aromatic heterocycles. The van der Waals surface area contributed by atoms with Crippen molar-refractivity contribution in [2.24, 2.45) is 0 Å². The van der Waals surface area contributed by atoms with E-state index in [1.807, 2.05) is 62.4 Å². The summed E-state index contributed by atoms with van der Waals surface area (Å²) in [5.41, 5.74) is 4.04. The van der Waals surface area contributed by atoms with E-state index < -0.39 is 6.10 Å². The average Bonchev–Trinajstić information content (AvgIpc) is 2.77. The lowest BCUT2D eigenvalue weighted by atomic mass is 9.87. The first-order valence-corrected chi connectivity index (χ1v) is 11.2. The summed E-state index contributed by atoms with van der Waals surface area (Å²) >= 11 is 0. The molecule has 5 heteroatoms. The molecule has 5 nitrogen and oxygen atoms in total. The highest BCUT2D eigenvalue weighted by molar-refractivity contribution is 6.04. The summed E-state index contributed by atoms with van der Waals surface area (Å²) in [5.74, 6) is 0.226. The van der Waals surface area contributed by atoms with Crippen molar-refractivity contribution < 1.29 is 14.3 Å². The summed E-state index contributed by atoms with van der Waals surface area (Å²) in [7, 11) is 0. The maximum absolute atomic E-state index is 12.8. The minimum Gasteiger partial charge on any atom is -0.481 e. The van der Waals surface area contributed by atoms with Crippen LogP contribution in [0.2, 0.25) is 0 Å². The number of nitrogens with one attached hydrogen (secondary N) is 2. The van der Waals surface area contributed by atoms with Crippen LogP contribution in [0.5, 0.6) is 5.75 Å². The van der Waals surface area contributed by atoms with Crippen molar-refractivity contribution in [1.82, 2.24) is 0 Å². The number of carbonyl (C=O) groups excluding carboxylic acids is 2. The third-order valence-corrected chi connectivity index (χ3v) is 5.33. The summed E-state index contributed by atoms with van der Waals surface area (Å²) in [4.78, 5) is 25.5. The summed E-state index contributed by atoms with van der Waals surface area (Å²) < 4.78 is 5.88. The van der Waals surface area contributed by atoms with Gasteiger partial charge in [0.25, 0.3) is 11.8 Å². The lowest BCUT2D eigenvalue weighted by molar-refractivity contribution is -0.122. The molecule has 0 saturated carbocycles. The van der Waals surface area contributed by atoms with E-state index in [9.17, 15) is 9.59 Å². The average molecular weight is 445 g/mol. The molecule has 0 unspecified atom stereocenters. The van der Waals surface area contributed by atoms with Crippen molar-refractivity contribution in [2.75, 3.05) is 10.6 Å². The molecule has 33 heavy (non-hydrogen) atoms. The van der Waals surface area contributed by atoms with E-state index in [2.05, 4.69) is 31.4 Å². The second-order valence-corrected chi connectivity index (χ2v) is 9.18. The standard InChI is InChI=1S/C28H32N2O3/c1-6-25(33-24-12-7-9-19(2)17-24)27(32)30-23-11-8-10-22(18-23)29-26(31)20-13-15-21(16-14-20)28(3,4)5/h7-18,25H,6H2,1-5H3,(H,29,31)(H,30,32)/t25-/m0/s1. The summed E-state index contributed by atoms with van der Waals surface area (Å²) in [6, 6.07) is 22.3. The molecule has 2 N–H and O–H groups in total. The Balaban J connectivity index is 1.65. The van der Waals surface area contributed by atoms with Crippen LogP contribution in [-0.4, -0.2) is 17.9 Å². The van der Waals surface area contributed by atoms with E-state index in [1.165, 1.54) is 5.56 Å². The van der Waals surface area contributed by atoms with Gasteiger partial charge >= 0.3 is 0 Å². The predicted molar refractivity (Wildman–Crippen MR) is 134 cm³/mol. The normalized spacial score (nSPS) is 12.0. The largest absolute Gasteiger partial charge is 0.481 e. The van der Waals surface area contributed by atoms with Gasteiger partial charge in [0.05, 0.1) is 0 Å². The van der Waals surface area contributed by atoms with Crippen LogP contribution in [0.1, 0.15) is 55.6 Å². The molecule has 0 bridgehead atoms. The van der Waals surface area contributed by atoms with Crippen molar-refractivity contribution in [3.05, 3.63) is 89.5 Å². The Kier molecular flexibility index (Phi) is 7.54. The Morgan fingerprint density at radius 2 is 1.52 bits per heavy atom. The Labute approximate surface area is 196 Å². The molecule has 0 aliphatic heterocycles. The fourth-order valence-electron chi connectivity index (χ4n) is 3.40. The van der Waals surface area contributed by atoms with Crippen molar-refractivity contribution in [3.63, 3.8) is 0 Å². The van der Waals surface area contributed by atoms with Gasteiger partial charge in [-0.05, 0) is 72.4 Å². The monoisotopic (exact) mass is 444 g/mol. The molecule has 172 valence electrons. The van der Waals surface area contributed by atoms with Crippen molar-refractivity contribution in [1.29, 1.82) is 0 Å². The zero-order valence-electron chi connectivity index (χ0n) is 19.9.